The molecular weight excluding hydrogens is 496 g/mol. The van der Waals surface area contributed by atoms with E-state index in [1.54, 1.807) is 17.0 Å². The Morgan fingerprint density at radius 2 is 1.84 bits per heavy atom. The van der Waals surface area contributed by atoms with Crippen molar-refractivity contribution in [1.29, 1.82) is 0 Å². The molecule has 1 saturated heterocycles. The normalized spacial score (nSPS) is 16.3. The highest BCUT2D eigenvalue weighted by molar-refractivity contribution is 5.82. The summed E-state index contributed by atoms with van der Waals surface area (Å²) in [6.45, 7) is 4.27. The molecule has 1 saturated carbocycles. The fraction of sp³-hybridized carbons (Fsp3) is 0.458. The first-order valence-corrected chi connectivity index (χ1v) is 11.8. The number of carbonyl (C=O) groups is 1. The summed E-state index contributed by atoms with van der Waals surface area (Å²) in [5.74, 6) is -1.12. The second-order valence-corrected chi connectivity index (χ2v) is 9.15. The van der Waals surface area contributed by atoms with Crippen LogP contribution in [0.15, 0.2) is 35.4 Å². The Balaban J connectivity index is 0.000000405. The monoisotopic (exact) mass is 522 g/mol. The van der Waals surface area contributed by atoms with Gasteiger partial charge in [-0.1, -0.05) is 0 Å². The lowest BCUT2D eigenvalue weighted by Gasteiger charge is -2.34. The molecule has 2 aliphatic rings. The lowest BCUT2D eigenvalue weighted by atomic mass is 9.96. The minimum absolute atomic E-state index is 0.281. The van der Waals surface area contributed by atoms with E-state index in [1.807, 2.05) is 13.0 Å². The molecule has 2 fully saturated rings. The molecule has 13 heteroatoms. The lowest BCUT2D eigenvalue weighted by Crippen LogP contribution is -2.37. The third-order valence-electron chi connectivity index (χ3n) is 6.24. The van der Waals surface area contributed by atoms with Crippen LogP contribution >= 0.6 is 0 Å². The van der Waals surface area contributed by atoms with E-state index >= 15 is 0 Å². The van der Waals surface area contributed by atoms with E-state index in [1.165, 1.54) is 18.9 Å². The van der Waals surface area contributed by atoms with Crippen LogP contribution in [-0.2, 0) is 11.3 Å². The summed E-state index contributed by atoms with van der Waals surface area (Å²) < 4.78 is 46.5. The molecule has 0 spiro atoms. The number of aryl methyl sites for hydroxylation is 1. The van der Waals surface area contributed by atoms with E-state index < -0.39 is 18.0 Å². The highest BCUT2D eigenvalue weighted by Crippen LogP contribution is 2.33. The Bertz CT molecular complexity index is 1330. The second kappa shape index (κ2) is 10.7. The number of hydrogen-bond acceptors (Lipinski definition) is 7. The number of aliphatic carboxylic acids is 1. The van der Waals surface area contributed by atoms with E-state index in [0.717, 1.165) is 60.4 Å². The molecule has 0 radical (unpaired) electrons. The van der Waals surface area contributed by atoms with Gasteiger partial charge in [0.2, 0.25) is 0 Å². The van der Waals surface area contributed by atoms with Crippen molar-refractivity contribution in [3.05, 3.63) is 52.5 Å². The number of rotatable bonds is 5. The first kappa shape index (κ1) is 26.3. The number of carboxylic acid groups (broad SMARTS) is 1. The molecule has 1 aliphatic carbocycles. The van der Waals surface area contributed by atoms with E-state index in [0.29, 0.717) is 18.5 Å². The van der Waals surface area contributed by atoms with Crippen LogP contribution in [0.25, 0.3) is 11.0 Å². The van der Waals surface area contributed by atoms with Crippen LogP contribution < -0.4 is 15.8 Å². The van der Waals surface area contributed by atoms with E-state index in [9.17, 15) is 22.4 Å². The summed E-state index contributed by atoms with van der Waals surface area (Å²) in [5.41, 5.74) is 2.30. The molecular formula is C24H26F4N6O3. The van der Waals surface area contributed by atoms with Gasteiger partial charge in [-0.05, 0) is 50.7 Å². The largest absolute Gasteiger partial charge is 0.490 e. The second-order valence-electron chi connectivity index (χ2n) is 9.15. The summed E-state index contributed by atoms with van der Waals surface area (Å²) in [6.07, 6.45) is 2.46. The Morgan fingerprint density at radius 3 is 2.43 bits per heavy atom. The van der Waals surface area contributed by atoms with Gasteiger partial charge in [-0.2, -0.15) is 13.2 Å². The summed E-state index contributed by atoms with van der Waals surface area (Å²) >= 11 is 0. The Kier molecular flexibility index (Phi) is 7.60. The van der Waals surface area contributed by atoms with Crippen LogP contribution in [0.3, 0.4) is 0 Å². The standard InChI is InChI=1S/C22H25FN6O.C2HF3O2/c1-14-20-18(4-8-24-14)26-21(25-17-2-3-17)22(27-20)28-9-5-15(6-10-28)13-29-11-7-16(23)12-19(29)30;3-2(4,5)1(6)7/h4,7-8,11-12,15,17H,2-3,5-6,9-10,13H2,1H3,(H,25,26);(H,6,7). The molecule has 198 valence electrons. The van der Waals surface area contributed by atoms with Crippen LogP contribution in [0.5, 0.6) is 0 Å². The van der Waals surface area contributed by atoms with Crippen LogP contribution in [0.1, 0.15) is 31.4 Å². The van der Waals surface area contributed by atoms with Crippen molar-refractivity contribution in [1.82, 2.24) is 19.5 Å². The zero-order valence-electron chi connectivity index (χ0n) is 20.0. The maximum absolute atomic E-state index is 13.2. The van der Waals surface area contributed by atoms with Crippen molar-refractivity contribution in [2.45, 2.75) is 51.4 Å². The van der Waals surface area contributed by atoms with Gasteiger partial charge in [-0.25, -0.2) is 19.2 Å². The first-order chi connectivity index (χ1) is 17.5. The van der Waals surface area contributed by atoms with Gasteiger partial charge in [0.25, 0.3) is 5.56 Å². The predicted molar refractivity (Wildman–Crippen MR) is 128 cm³/mol. The van der Waals surface area contributed by atoms with Crippen molar-refractivity contribution < 1.29 is 27.5 Å². The Labute approximate surface area is 209 Å². The van der Waals surface area contributed by atoms with Gasteiger partial charge in [0.1, 0.15) is 11.3 Å². The molecule has 3 aromatic heterocycles. The van der Waals surface area contributed by atoms with Crippen molar-refractivity contribution in [3.8, 4) is 0 Å². The number of anilines is 2. The van der Waals surface area contributed by atoms with Crippen molar-refractivity contribution in [2.75, 3.05) is 23.3 Å². The van der Waals surface area contributed by atoms with Gasteiger partial charge >= 0.3 is 12.1 Å². The number of piperidine rings is 1. The fourth-order valence-electron chi connectivity index (χ4n) is 4.08. The van der Waals surface area contributed by atoms with Gasteiger partial charge in [-0.15, -0.1) is 0 Å². The van der Waals surface area contributed by atoms with Crippen LogP contribution in [0, 0.1) is 18.7 Å². The van der Waals surface area contributed by atoms with Crippen LogP contribution in [0.4, 0.5) is 29.2 Å². The van der Waals surface area contributed by atoms with E-state index in [2.05, 4.69) is 15.2 Å². The SMILES string of the molecule is Cc1nccc2nc(NC3CC3)c(N3CCC(Cn4ccc(F)cc4=O)CC3)nc12.O=C(O)C(F)(F)F. The predicted octanol–water partition coefficient (Wildman–Crippen LogP) is 3.76. The Morgan fingerprint density at radius 1 is 1.16 bits per heavy atom. The van der Waals surface area contributed by atoms with Crippen molar-refractivity contribution in [2.24, 2.45) is 5.92 Å². The number of pyridine rings is 2. The van der Waals surface area contributed by atoms with Gasteiger partial charge in [0.15, 0.2) is 11.6 Å². The number of halogens is 4. The molecule has 0 bridgehead atoms. The molecule has 2 N–H and O–H groups in total. The average molecular weight is 523 g/mol. The lowest BCUT2D eigenvalue weighted by molar-refractivity contribution is -0.192. The van der Waals surface area contributed by atoms with Gasteiger partial charge < -0.3 is 19.9 Å². The highest BCUT2D eigenvalue weighted by Gasteiger charge is 2.38. The summed E-state index contributed by atoms with van der Waals surface area (Å²) in [7, 11) is 0. The van der Waals surface area contributed by atoms with Crippen LogP contribution in [0.2, 0.25) is 0 Å². The number of hydrogen-bond donors (Lipinski definition) is 2. The maximum Gasteiger partial charge on any atom is 0.490 e. The molecule has 1 aliphatic heterocycles. The fourth-order valence-corrected chi connectivity index (χ4v) is 4.08. The molecule has 37 heavy (non-hydrogen) atoms. The molecule has 5 rings (SSSR count). The highest BCUT2D eigenvalue weighted by atomic mass is 19.4. The average Bonchev–Trinajstić information content (AvgIpc) is 3.65. The van der Waals surface area contributed by atoms with Crippen LogP contribution in [-0.4, -0.2) is 55.9 Å². The number of nitrogens with one attached hydrogen (secondary N) is 1. The molecule has 0 amide bonds. The molecule has 0 unspecified atom stereocenters. The summed E-state index contributed by atoms with van der Waals surface area (Å²) in [5, 5.41) is 10.7. The van der Waals surface area contributed by atoms with Crippen molar-refractivity contribution in [3.63, 3.8) is 0 Å². The zero-order valence-corrected chi connectivity index (χ0v) is 20.0. The number of alkyl halides is 3. The number of aromatic nitrogens is 4. The smallest absolute Gasteiger partial charge is 0.475 e. The van der Waals surface area contributed by atoms with E-state index in [4.69, 9.17) is 19.9 Å². The quantitative estimate of drug-likeness (QED) is 0.487. The van der Waals surface area contributed by atoms with Crippen molar-refractivity contribution >= 4 is 28.6 Å². The number of fused-ring (bicyclic) bond motifs is 1. The summed E-state index contributed by atoms with van der Waals surface area (Å²) in [6, 6.07) is 4.78. The molecule has 0 atom stereocenters. The molecule has 3 aromatic rings. The summed E-state index contributed by atoms with van der Waals surface area (Å²) in [4.78, 5) is 37.4. The minimum Gasteiger partial charge on any atom is -0.475 e. The number of carboxylic acids is 1. The van der Waals surface area contributed by atoms with Gasteiger partial charge in [-0.3, -0.25) is 9.78 Å². The maximum atomic E-state index is 13.2. The third kappa shape index (κ3) is 6.71. The molecule has 9 nitrogen and oxygen atoms in total. The first-order valence-electron chi connectivity index (χ1n) is 11.8. The Hall–Kier alpha value is -3.77. The topological polar surface area (TPSA) is 113 Å². The molecule has 0 aromatic carbocycles. The van der Waals surface area contributed by atoms with Gasteiger partial charge in [0, 0.05) is 44.1 Å². The number of nitrogens with zero attached hydrogens (tertiary/aromatic N) is 5. The molecule has 4 heterocycles. The van der Waals surface area contributed by atoms with E-state index in [-0.39, 0.29) is 5.56 Å². The zero-order chi connectivity index (χ0) is 26.7. The minimum atomic E-state index is -5.08. The third-order valence-corrected chi connectivity index (χ3v) is 6.24. The van der Waals surface area contributed by atoms with Gasteiger partial charge in [0.05, 0.1) is 11.2 Å².